The van der Waals surface area contributed by atoms with E-state index in [1.165, 1.54) is 0 Å². The Morgan fingerprint density at radius 2 is 2.25 bits per heavy atom. The summed E-state index contributed by atoms with van der Waals surface area (Å²) in [7, 11) is 3.51. The standard InChI is InChI=1S/C14H19N5O/c1-10(8-13(20)19(2)3)17-12-9-16-18-14(12)11-6-4-5-7-15-11/h4-7,9-10,17H,8H2,1-3H3,(H,16,18)/t10-/m1/s1. The van der Waals surface area contributed by atoms with Gasteiger partial charge in [-0.05, 0) is 19.1 Å². The van der Waals surface area contributed by atoms with Crippen molar-refractivity contribution in [1.82, 2.24) is 20.1 Å². The number of carbonyl (C=O) groups is 1. The average Bonchev–Trinajstić information content (AvgIpc) is 2.87. The van der Waals surface area contributed by atoms with E-state index in [1.54, 1.807) is 31.4 Å². The molecule has 0 aliphatic heterocycles. The highest BCUT2D eigenvalue weighted by Crippen LogP contribution is 2.24. The third-order valence-corrected chi connectivity index (χ3v) is 2.94. The van der Waals surface area contributed by atoms with E-state index in [0.29, 0.717) is 6.42 Å². The monoisotopic (exact) mass is 273 g/mol. The fourth-order valence-electron chi connectivity index (χ4n) is 1.86. The molecule has 2 aromatic rings. The molecule has 0 aliphatic rings. The third-order valence-electron chi connectivity index (χ3n) is 2.94. The minimum absolute atomic E-state index is 0.0185. The van der Waals surface area contributed by atoms with Crippen molar-refractivity contribution in [3.63, 3.8) is 0 Å². The Balaban J connectivity index is 2.08. The van der Waals surface area contributed by atoms with E-state index in [9.17, 15) is 4.79 Å². The topological polar surface area (TPSA) is 73.9 Å². The number of aromatic amines is 1. The second kappa shape index (κ2) is 6.18. The van der Waals surface area contributed by atoms with Crippen molar-refractivity contribution in [3.05, 3.63) is 30.6 Å². The van der Waals surface area contributed by atoms with Gasteiger partial charge in [-0.15, -0.1) is 0 Å². The number of hydrogen-bond acceptors (Lipinski definition) is 4. The van der Waals surface area contributed by atoms with Crippen LogP contribution in [0.5, 0.6) is 0 Å². The Labute approximate surface area is 118 Å². The van der Waals surface area contributed by atoms with Crippen molar-refractivity contribution in [2.75, 3.05) is 19.4 Å². The van der Waals surface area contributed by atoms with Crippen LogP contribution < -0.4 is 5.32 Å². The molecule has 6 heteroatoms. The van der Waals surface area contributed by atoms with E-state index in [2.05, 4.69) is 20.5 Å². The van der Waals surface area contributed by atoms with Crippen molar-refractivity contribution in [2.24, 2.45) is 0 Å². The zero-order chi connectivity index (χ0) is 14.5. The summed E-state index contributed by atoms with van der Waals surface area (Å²) >= 11 is 0. The lowest BCUT2D eigenvalue weighted by Crippen LogP contribution is -2.28. The Bertz CT molecular complexity index is 564. The summed E-state index contributed by atoms with van der Waals surface area (Å²) in [5.74, 6) is 0.0906. The first-order chi connectivity index (χ1) is 9.58. The first-order valence-electron chi connectivity index (χ1n) is 6.49. The van der Waals surface area contributed by atoms with Gasteiger partial charge in [-0.2, -0.15) is 5.10 Å². The smallest absolute Gasteiger partial charge is 0.224 e. The molecule has 2 N–H and O–H groups in total. The second-order valence-electron chi connectivity index (χ2n) is 4.91. The van der Waals surface area contributed by atoms with E-state index < -0.39 is 0 Å². The fourth-order valence-corrected chi connectivity index (χ4v) is 1.86. The van der Waals surface area contributed by atoms with Crippen molar-refractivity contribution < 1.29 is 4.79 Å². The predicted octanol–water partition coefficient (Wildman–Crippen LogP) is 1.75. The maximum atomic E-state index is 11.7. The minimum Gasteiger partial charge on any atom is -0.379 e. The third kappa shape index (κ3) is 3.34. The molecule has 6 nitrogen and oxygen atoms in total. The summed E-state index contributed by atoms with van der Waals surface area (Å²) in [6.07, 6.45) is 3.87. The molecule has 20 heavy (non-hydrogen) atoms. The summed E-state index contributed by atoms with van der Waals surface area (Å²) in [5.41, 5.74) is 2.50. The molecule has 1 atom stereocenters. The summed E-state index contributed by atoms with van der Waals surface area (Å²) in [5, 5.41) is 10.3. The lowest BCUT2D eigenvalue weighted by Gasteiger charge is -2.17. The van der Waals surface area contributed by atoms with E-state index in [-0.39, 0.29) is 11.9 Å². The highest BCUT2D eigenvalue weighted by Gasteiger charge is 2.14. The number of anilines is 1. The van der Waals surface area contributed by atoms with Gasteiger partial charge < -0.3 is 10.2 Å². The minimum atomic E-state index is 0.0185. The maximum absolute atomic E-state index is 11.7. The Morgan fingerprint density at radius 3 is 2.90 bits per heavy atom. The van der Waals surface area contributed by atoms with Gasteiger partial charge in [0.15, 0.2) is 0 Å². The molecular formula is C14H19N5O. The van der Waals surface area contributed by atoms with Crippen LogP contribution in [0.25, 0.3) is 11.4 Å². The molecule has 0 saturated carbocycles. The van der Waals surface area contributed by atoms with E-state index in [4.69, 9.17) is 0 Å². The molecule has 2 heterocycles. The largest absolute Gasteiger partial charge is 0.379 e. The van der Waals surface area contributed by atoms with Crippen LogP contribution in [0, 0.1) is 0 Å². The lowest BCUT2D eigenvalue weighted by molar-refractivity contribution is -0.128. The molecular weight excluding hydrogens is 254 g/mol. The van der Waals surface area contributed by atoms with Crippen LogP contribution >= 0.6 is 0 Å². The molecule has 0 spiro atoms. The van der Waals surface area contributed by atoms with Crippen LogP contribution in [-0.2, 0) is 4.79 Å². The normalized spacial score (nSPS) is 11.9. The molecule has 2 rings (SSSR count). The molecule has 1 amide bonds. The highest BCUT2D eigenvalue weighted by atomic mass is 16.2. The molecule has 0 saturated heterocycles. The number of nitrogens with one attached hydrogen (secondary N) is 2. The SMILES string of the molecule is C[C@H](CC(=O)N(C)C)Nc1cn[nH]c1-c1ccccn1. The number of pyridine rings is 1. The van der Waals surface area contributed by atoms with Crippen LogP contribution in [-0.4, -0.2) is 46.1 Å². The zero-order valence-electron chi connectivity index (χ0n) is 11.9. The van der Waals surface area contributed by atoms with Gasteiger partial charge in [0, 0.05) is 32.8 Å². The van der Waals surface area contributed by atoms with Gasteiger partial charge in [0.05, 0.1) is 17.6 Å². The summed E-state index contributed by atoms with van der Waals surface area (Å²) in [6.45, 7) is 1.97. The predicted molar refractivity (Wildman–Crippen MR) is 78.2 cm³/mol. The van der Waals surface area contributed by atoms with Gasteiger partial charge in [0.1, 0.15) is 5.69 Å². The zero-order valence-corrected chi connectivity index (χ0v) is 11.9. The molecule has 0 aromatic carbocycles. The molecule has 2 aromatic heterocycles. The summed E-state index contributed by atoms with van der Waals surface area (Å²) in [4.78, 5) is 17.6. The molecule has 0 radical (unpaired) electrons. The van der Waals surface area contributed by atoms with Crippen LogP contribution in [0.2, 0.25) is 0 Å². The number of H-pyrrole nitrogens is 1. The van der Waals surface area contributed by atoms with E-state index in [1.807, 2.05) is 25.1 Å². The van der Waals surface area contributed by atoms with Crippen LogP contribution in [0.3, 0.4) is 0 Å². The number of carbonyl (C=O) groups excluding carboxylic acids is 1. The van der Waals surface area contributed by atoms with Crippen molar-refractivity contribution >= 4 is 11.6 Å². The van der Waals surface area contributed by atoms with E-state index in [0.717, 1.165) is 17.1 Å². The van der Waals surface area contributed by atoms with E-state index >= 15 is 0 Å². The number of nitrogens with zero attached hydrogens (tertiary/aromatic N) is 3. The first kappa shape index (κ1) is 14.0. The van der Waals surface area contributed by atoms with Gasteiger partial charge in [0.2, 0.25) is 5.91 Å². The lowest BCUT2D eigenvalue weighted by atomic mass is 10.2. The fraction of sp³-hybridized carbons (Fsp3) is 0.357. The van der Waals surface area contributed by atoms with Crippen molar-refractivity contribution in [1.29, 1.82) is 0 Å². The number of rotatable bonds is 5. The second-order valence-corrected chi connectivity index (χ2v) is 4.91. The van der Waals surface area contributed by atoms with Crippen LogP contribution in [0.1, 0.15) is 13.3 Å². The molecule has 0 unspecified atom stereocenters. The van der Waals surface area contributed by atoms with Gasteiger partial charge in [-0.1, -0.05) is 6.07 Å². The van der Waals surface area contributed by atoms with Crippen molar-refractivity contribution in [2.45, 2.75) is 19.4 Å². The molecule has 0 bridgehead atoms. The summed E-state index contributed by atoms with van der Waals surface area (Å²) < 4.78 is 0. The molecule has 0 aliphatic carbocycles. The van der Waals surface area contributed by atoms with Gasteiger partial charge in [-0.25, -0.2) is 0 Å². The molecule has 106 valence electrons. The Kier molecular flexibility index (Phi) is 4.34. The number of hydrogen-bond donors (Lipinski definition) is 2. The van der Waals surface area contributed by atoms with Crippen LogP contribution in [0.15, 0.2) is 30.6 Å². The highest BCUT2D eigenvalue weighted by molar-refractivity contribution is 5.77. The number of aromatic nitrogens is 3. The Hall–Kier alpha value is -2.37. The first-order valence-corrected chi connectivity index (χ1v) is 6.49. The van der Waals surface area contributed by atoms with Crippen molar-refractivity contribution in [3.8, 4) is 11.4 Å². The Morgan fingerprint density at radius 1 is 1.45 bits per heavy atom. The molecule has 0 fully saturated rings. The van der Waals surface area contributed by atoms with Gasteiger partial charge in [-0.3, -0.25) is 14.9 Å². The number of amides is 1. The van der Waals surface area contributed by atoms with Gasteiger partial charge >= 0.3 is 0 Å². The average molecular weight is 273 g/mol. The quantitative estimate of drug-likeness (QED) is 0.870. The maximum Gasteiger partial charge on any atom is 0.224 e. The van der Waals surface area contributed by atoms with Gasteiger partial charge in [0.25, 0.3) is 0 Å². The van der Waals surface area contributed by atoms with Crippen LogP contribution in [0.4, 0.5) is 5.69 Å². The summed E-state index contributed by atoms with van der Waals surface area (Å²) in [6, 6.07) is 5.72.